The van der Waals surface area contributed by atoms with Crippen molar-refractivity contribution < 1.29 is 9.90 Å². The minimum absolute atomic E-state index is 0.0121. The lowest BCUT2D eigenvalue weighted by Gasteiger charge is -2.04. The first-order valence-electron chi connectivity index (χ1n) is 4.01. The lowest BCUT2D eigenvalue weighted by molar-refractivity contribution is -0.116. The van der Waals surface area contributed by atoms with E-state index in [-0.39, 0.29) is 12.4 Å². The van der Waals surface area contributed by atoms with Crippen LogP contribution in [0.1, 0.15) is 18.1 Å². The molecule has 0 spiro atoms. The number of hydrogen-bond donors (Lipinski definition) is 1. The molecule has 0 aromatic heterocycles. The van der Waals surface area contributed by atoms with Crippen LogP contribution in [0.2, 0.25) is 0 Å². The highest BCUT2D eigenvalue weighted by Crippen LogP contribution is 2.19. The van der Waals surface area contributed by atoms with Crippen molar-refractivity contribution in [2.24, 2.45) is 0 Å². The molecular formula is C10H11BrO2. The van der Waals surface area contributed by atoms with Crippen LogP contribution in [0.4, 0.5) is 0 Å². The molecule has 70 valence electrons. The maximum Gasteiger partial charge on any atom is 0.134 e. The van der Waals surface area contributed by atoms with Crippen molar-refractivity contribution in [2.45, 2.75) is 20.0 Å². The van der Waals surface area contributed by atoms with Crippen LogP contribution in [0.5, 0.6) is 0 Å². The lowest BCUT2D eigenvalue weighted by Crippen LogP contribution is -1.98. The number of aliphatic hydroxyl groups is 1. The first-order chi connectivity index (χ1) is 6.13. The Kier molecular flexibility index (Phi) is 3.63. The first kappa shape index (κ1) is 10.4. The number of ketones is 1. The van der Waals surface area contributed by atoms with Gasteiger partial charge in [0.2, 0.25) is 0 Å². The minimum atomic E-state index is 0.0121. The van der Waals surface area contributed by atoms with Gasteiger partial charge >= 0.3 is 0 Å². The number of hydrogen-bond acceptors (Lipinski definition) is 2. The lowest BCUT2D eigenvalue weighted by atomic mass is 10.1. The molecule has 3 heteroatoms. The summed E-state index contributed by atoms with van der Waals surface area (Å²) >= 11 is 3.35. The van der Waals surface area contributed by atoms with Crippen LogP contribution >= 0.6 is 15.9 Å². The van der Waals surface area contributed by atoms with Crippen LogP contribution in [0.25, 0.3) is 0 Å². The SMILES string of the molecule is CC(=O)Cc1cc(CO)ccc1Br. The maximum absolute atomic E-state index is 10.9. The Morgan fingerprint density at radius 2 is 2.23 bits per heavy atom. The Hall–Kier alpha value is -0.670. The van der Waals surface area contributed by atoms with E-state index in [2.05, 4.69) is 15.9 Å². The summed E-state index contributed by atoms with van der Waals surface area (Å²) < 4.78 is 0.917. The van der Waals surface area contributed by atoms with Gasteiger partial charge in [-0.2, -0.15) is 0 Å². The molecule has 0 aliphatic rings. The van der Waals surface area contributed by atoms with Crippen molar-refractivity contribution in [1.29, 1.82) is 0 Å². The third-order valence-electron chi connectivity index (χ3n) is 1.73. The fraction of sp³-hybridized carbons (Fsp3) is 0.300. The summed E-state index contributed by atoms with van der Waals surface area (Å²) in [4.78, 5) is 10.9. The van der Waals surface area contributed by atoms with Gasteiger partial charge < -0.3 is 5.11 Å². The smallest absolute Gasteiger partial charge is 0.134 e. The van der Waals surface area contributed by atoms with Crippen LogP contribution in [0, 0.1) is 0 Å². The van der Waals surface area contributed by atoms with Gasteiger partial charge in [-0.15, -0.1) is 0 Å². The summed E-state index contributed by atoms with van der Waals surface area (Å²) in [5, 5.41) is 8.89. The molecule has 0 atom stereocenters. The molecule has 1 rings (SSSR count). The van der Waals surface area contributed by atoms with Crippen molar-refractivity contribution in [3.63, 3.8) is 0 Å². The van der Waals surface area contributed by atoms with Crippen molar-refractivity contribution in [3.8, 4) is 0 Å². The highest BCUT2D eigenvalue weighted by atomic mass is 79.9. The second-order valence-corrected chi connectivity index (χ2v) is 3.82. The molecule has 13 heavy (non-hydrogen) atoms. The van der Waals surface area contributed by atoms with Gasteiger partial charge in [-0.25, -0.2) is 0 Å². The molecule has 0 radical (unpaired) electrons. The van der Waals surface area contributed by atoms with Crippen LogP contribution in [-0.4, -0.2) is 10.9 Å². The van der Waals surface area contributed by atoms with E-state index in [1.807, 2.05) is 18.2 Å². The molecule has 0 saturated carbocycles. The summed E-state index contributed by atoms with van der Waals surface area (Å²) in [5.74, 6) is 0.121. The fourth-order valence-electron chi connectivity index (χ4n) is 1.13. The number of carbonyl (C=O) groups is 1. The van der Waals surface area contributed by atoms with E-state index < -0.39 is 0 Å². The zero-order valence-corrected chi connectivity index (χ0v) is 8.97. The quantitative estimate of drug-likeness (QED) is 0.882. The van der Waals surface area contributed by atoms with Gasteiger partial charge in [-0.1, -0.05) is 28.1 Å². The molecule has 0 aliphatic heterocycles. The number of rotatable bonds is 3. The number of halogens is 1. The fourth-order valence-corrected chi connectivity index (χ4v) is 1.52. The van der Waals surface area contributed by atoms with E-state index in [0.29, 0.717) is 6.42 Å². The molecule has 1 N–H and O–H groups in total. The van der Waals surface area contributed by atoms with Gasteiger partial charge in [0, 0.05) is 10.9 Å². The Morgan fingerprint density at radius 1 is 1.54 bits per heavy atom. The van der Waals surface area contributed by atoms with E-state index in [1.54, 1.807) is 6.92 Å². The average molecular weight is 243 g/mol. The molecule has 0 saturated heterocycles. The van der Waals surface area contributed by atoms with Crippen molar-refractivity contribution in [2.75, 3.05) is 0 Å². The highest BCUT2D eigenvalue weighted by molar-refractivity contribution is 9.10. The molecule has 0 aliphatic carbocycles. The van der Waals surface area contributed by atoms with Crippen molar-refractivity contribution >= 4 is 21.7 Å². The Morgan fingerprint density at radius 3 is 2.77 bits per heavy atom. The van der Waals surface area contributed by atoms with E-state index in [4.69, 9.17) is 5.11 Å². The first-order valence-corrected chi connectivity index (χ1v) is 4.80. The molecule has 1 aromatic rings. The van der Waals surface area contributed by atoms with Crippen molar-refractivity contribution in [1.82, 2.24) is 0 Å². The normalized spacial score (nSPS) is 10.1. The third-order valence-corrected chi connectivity index (χ3v) is 2.51. The van der Waals surface area contributed by atoms with Crippen LogP contribution < -0.4 is 0 Å². The molecule has 0 heterocycles. The molecule has 0 amide bonds. The van der Waals surface area contributed by atoms with Gasteiger partial charge in [-0.05, 0) is 24.1 Å². The van der Waals surface area contributed by atoms with E-state index in [1.165, 1.54) is 0 Å². The third kappa shape index (κ3) is 2.94. The molecule has 0 bridgehead atoms. The second-order valence-electron chi connectivity index (χ2n) is 2.96. The van der Waals surface area contributed by atoms with Crippen LogP contribution in [0.3, 0.4) is 0 Å². The Labute approximate surface area is 85.7 Å². The summed E-state index contributed by atoms with van der Waals surface area (Å²) in [6.45, 7) is 1.57. The van der Waals surface area contributed by atoms with Gasteiger partial charge in [0.1, 0.15) is 5.78 Å². The molecule has 0 unspecified atom stereocenters. The number of benzene rings is 1. The molecular weight excluding hydrogens is 232 g/mol. The summed E-state index contributed by atoms with van der Waals surface area (Å²) in [6.07, 6.45) is 0.411. The van der Waals surface area contributed by atoms with E-state index in [9.17, 15) is 4.79 Å². The number of carbonyl (C=O) groups excluding carboxylic acids is 1. The summed E-state index contributed by atoms with van der Waals surface area (Å²) in [6, 6.07) is 5.52. The molecule has 1 aromatic carbocycles. The second kappa shape index (κ2) is 4.53. The Bertz CT molecular complexity index is 321. The standard InChI is InChI=1S/C10H11BrO2/c1-7(13)4-9-5-8(6-12)2-3-10(9)11/h2-3,5,12H,4,6H2,1H3. The minimum Gasteiger partial charge on any atom is -0.392 e. The molecule has 0 fully saturated rings. The van der Waals surface area contributed by atoms with Gasteiger partial charge in [-0.3, -0.25) is 4.79 Å². The van der Waals surface area contributed by atoms with E-state index in [0.717, 1.165) is 15.6 Å². The highest BCUT2D eigenvalue weighted by Gasteiger charge is 2.03. The number of aliphatic hydroxyl groups excluding tert-OH is 1. The van der Waals surface area contributed by atoms with Crippen molar-refractivity contribution in [3.05, 3.63) is 33.8 Å². The molecule has 2 nitrogen and oxygen atoms in total. The Balaban J connectivity index is 2.96. The predicted molar refractivity (Wildman–Crippen MR) is 54.4 cm³/mol. The summed E-state index contributed by atoms with van der Waals surface area (Å²) in [7, 11) is 0. The van der Waals surface area contributed by atoms with Crippen LogP contribution in [-0.2, 0) is 17.8 Å². The van der Waals surface area contributed by atoms with Gasteiger partial charge in [0.05, 0.1) is 6.61 Å². The summed E-state index contributed by atoms with van der Waals surface area (Å²) in [5.41, 5.74) is 1.76. The largest absolute Gasteiger partial charge is 0.392 e. The van der Waals surface area contributed by atoms with E-state index >= 15 is 0 Å². The maximum atomic E-state index is 10.9. The topological polar surface area (TPSA) is 37.3 Å². The monoisotopic (exact) mass is 242 g/mol. The van der Waals surface area contributed by atoms with Gasteiger partial charge in [0.25, 0.3) is 0 Å². The number of Topliss-reactive ketones (excluding diaryl/α,β-unsaturated/α-hetero) is 1. The zero-order valence-electron chi connectivity index (χ0n) is 7.38. The zero-order chi connectivity index (χ0) is 9.84. The predicted octanol–water partition coefficient (Wildman–Crippen LogP) is 2.07. The average Bonchev–Trinajstić information content (AvgIpc) is 2.08. The van der Waals surface area contributed by atoms with Crippen LogP contribution in [0.15, 0.2) is 22.7 Å². The van der Waals surface area contributed by atoms with Gasteiger partial charge in [0.15, 0.2) is 0 Å².